The molecule has 0 saturated carbocycles. The van der Waals surface area contributed by atoms with E-state index < -0.39 is 5.91 Å². The molecule has 0 spiro atoms. The number of hydrogen-bond acceptors (Lipinski definition) is 4. The third kappa shape index (κ3) is 6.31. The van der Waals surface area contributed by atoms with Crippen LogP contribution in [-0.4, -0.2) is 17.0 Å². The van der Waals surface area contributed by atoms with Gasteiger partial charge in [0.2, 0.25) is 0 Å². The Kier molecular flexibility index (Phi) is 8.16. The second-order valence-electron chi connectivity index (χ2n) is 7.02. The molecule has 1 heterocycles. The van der Waals surface area contributed by atoms with E-state index in [-0.39, 0.29) is 11.1 Å². The Bertz CT molecular complexity index is 1300. The molecular weight excluding hydrogens is 627 g/mol. The minimum atomic E-state index is -0.464. The fourth-order valence-corrected chi connectivity index (χ4v) is 5.44. The number of hydrogen-bond donors (Lipinski definition) is 1. The van der Waals surface area contributed by atoms with Crippen LogP contribution in [0, 0.1) is 0 Å². The van der Waals surface area contributed by atoms with Crippen molar-refractivity contribution in [3.63, 3.8) is 0 Å². The van der Waals surface area contributed by atoms with Crippen LogP contribution >= 0.6 is 66.8 Å². The lowest BCUT2D eigenvalue weighted by molar-refractivity contribution is -0.115. The molecule has 0 atom stereocenters. The first-order chi connectivity index (χ1) is 16.3. The van der Waals surface area contributed by atoms with E-state index in [9.17, 15) is 9.59 Å². The van der Waals surface area contributed by atoms with Crippen LogP contribution in [-0.2, 0) is 11.4 Å². The lowest BCUT2D eigenvalue weighted by Gasteiger charge is -2.11. The van der Waals surface area contributed by atoms with E-state index in [4.69, 9.17) is 27.9 Å². The third-order valence-electron chi connectivity index (χ3n) is 4.56. The standard InChI is InChI=1S/C24H14Br2Cl2N2O3S/c25-18-9-14(10-19(26)21(18)33-12-13-1-5-16(27)6-2-13)11-20-23(32)30-24(34-20)29-22(31)15-3-7-17(28)8-4-15/h1-11H,12H2,(H,29,30,31,32)/b20-11-. The molecule has 1 saturated heterocycles. The molecule has 1 aliphatic rings. The van der Waals surface area contributed by atoms with Gasteiger partial charge in [0.05, 0.1) is 13.9 Å². The Morgan fingerprint density at radius 2 is 1.59 bits per heavy atom. The average molecular weight is 641 g/mol. The molecule has 1 fully saturated rings. The molecule has 34 heavy (non-hydrogen) atoms. The van der Waals surface area contributed by atoms with Crippen molar-refractivity contribution < 1.29 is 14.3 Å². The number of rotatable bonds is 5. The number of carbonyl (C=O) groups is 2. The lowest BCUT2D eigenvalue weighted by Crippen LogP contribution is -2.20. The third-order valence-corrected chi connectivity index (χ3v) is 7.15. The molecule has 0 radical (unpaired) electrons. The summed E-state index contributed by atoms with van der Waals surface area (Å²) in [6.45, 7) is 0.370. The Balaban J connectivity index is 1.47. The van der Waals surface area contributed by atoms with E-state index in [2.05, 4.69) is 42.2 Å². The van der Waals surface area contributed by atoms with E-state index in [1.165, 1.54) is 0 Å². The summed E-state index contributed by atoms with van der Waals surface area (Å²) in [7, 11) is 0. The number of amidine groups is 1. The van der Waals surface area contributed by atoms with Crippen LogP contribution in [0.5, 0.6) is 5.75 Å². The monoisotopic (exact) mass is 638 g/mol. The van der Waals surface area contributed by atoms with Gasteiger partial charge in [-0.3, -0.25) is 9.59 Å². The van der Waals surface area contributed by atoms with Crippen LogP contribution in [0.2, 0.25) is 10.0 Å². The molecule has 172 valence electrons. The Morgan fingerprint density at radius 3 is 2.21 bits per heavy atom. The number of thioether (sulfide) groups is 1. The Morgan fingerprint density at radius 1 is 1.00 bits per heavy atom. The Labute approximate surface area is 226 Å². The largest absolute Gasteiger partial charge is 0.487 e. The van der Waals surface area contributed by atoms with Crippen molar-refractivity contribution in [1.29, 1.82) is 0 Å². The van der Waals surface area contributed by atoms with Crippen molar-refractivity contribution in [3.8, 4) is 5.75 Å². The second-order valence-corrected chi connectivity index (χ2v) is 10.6. The highest BCUT2D eigenvalue weighted by molar-refractivity contribution is 9.11. The number of halogens is 4. The van der Waals surface area contributed by atoms with Crippen molar-refractivity contribution in [1.82, 2.24) is 5.32 Å². The van der Waals surface area contributed by atoms with Crippen molar-refractivity contribution >= 4 is 89.9 Å². The van der Waals surface area contributed by atoms with Crippen LogP contribution in [0.1, 0.15) is 21.5 Å². The van der Waals surface area contributed by atoms with Crippen LogP contribution < -0.4 is 10.1 Å². The van der Waals surface area contributed by atoms with Crippen molar-refractivity contribution in [2.75, 3.05) is 0 Å². The molecule has 1 N–H and O–H groups in total. The predicted molar refractivity (Wildman–Crippen MR) is 145 cm³/mol. The molecule has 0 aliphatic carbocycles. The molecule has 0 unspecified atom stereocenters. The maximum Gasteiger partial charge on any atom is 0.279 e. The number of amides is 2. The fraction of sp³-hybridized carbons (Fsp3) is 0.0417. The molecule has 0 aromatic heterocycles. The zero-order valence-electron chi connectivity index (χ0n) is 17.2. The van der Waals surface area contributed by atoms with Gasteiger partial charge in [-0.25, -0.2) is 0 Å². The van der Waals surface area contributed by atoms with Gasteiger partial charge >= 0.3 is 0 Å². The molecule has 2 amide bonds. The first-order valence-corrected chi connectivity index (χ1v) is 12.9. The van der Waals surface area contributed by atoms with E-state index in [0.717, 1.165) is 31.8 Å². The van der Waals surface area contributed by atoms with Gasteiger partial charge in [-0.1, -0.05) is 35.3 Å². The van der Waals surface area contributed by atoms with Gasteiger partial charge in [-0.2, -0.15) is 4.99 Å². The highest BCUT2D eigenvalue weighted by Gasteiger charge is 2.25. The number of nitrogens with one attached hydrogen (secondary N) is 1. The second kappa shape index (κ2) is 11.1. The van der Waals surface area contributed by atoms with Crippen molar-refractivity contribution in [2.24, 2.45) is 4.99 Å². The topological polar surface area (TPSA) is 67.8 Å². The van der Waals surface area contributed by atoms with Gasteiger partial charge < -0.3 is 10.1 Å². The molecular formula is C24H14Br2Cl2N2O3S. The van der Waals surface area contributed by atoms with Gasteiger partial charge in [-0.05, 0) is 109 Å². The highest BCUT2D eigenvalue weighted by Crippen LogP contribution is 2.37. The smallest absolute Gasteiger partial charge is 0.279 e. The minimum Gasteiger partial charge on any atom is -0.487 e. The first-order valence-electron chi connectivity index (χ1n) is 9.74. The van der Waals surface area contributed by atoms with Gasteiger partial charge in [0, 0.05) is 15.6 Å². The average Bonchev–Trinajstić information content (AvgIpc) is 3.13. The number of ether oxygens (including phenoxy) is 1. The van der Waals surface area contributed by atoms with E-state index in [0.29, 0.717) is 32.9 Å². The van der Waals surface area contributed by atoms with Gasteiger partial charge in [-0.15, -0.1) is 0 Å². The molecule has 0 bridgehead atoms. The summed E-state index contributed by atoms with van der Waals surface area (Å²) in [6.07, 6.45) is 1.72. The van der Waals surface area contributed by atoms with Gasteiger partial charge in [0.15, 0.2) is 5.17 Å². The van der Waals surface area contributed by atoms with E-state index in [1.54, 1.807) is 30.3 Å². The first kappa shape index (κ1) is 25.0. The summed E-state index contributed by atoms with van der Waals surface area (Å²) in [5, 5.41) is 4.03. The van der Waals surface area contributed by atoms with Crippen molar-refractivity contribution in [3.05, 3.63) is 101 Å². The maximum absolute atomic E-state index is 12.4. The minimum absolute atomic E-state index is 0.220. The van der Waals surface area contributed by atoms with Crippen LogP contribution in [0.15, 0.2) is 79.5 Å². The van der Waals surface area contributed by atoms with Crippen LogP contribution in [0.25, 0.3) is 6.08 Å². The normalized spacial score (nSPS) is 15.6. The number of aliphatic imine (C=N–C) groups is 1. The maximum atomic E-state index is 12.4. The van der Waals surface area contributed by atoms with E-state index in [1.807, 2.05) is 36.4 Å². The SMILES string of the molecule is O=C1NC(=NC(=O)c2ccc(Cl)cc2)S/C1=C\c1cc(Br)c(OCc2ccc(Cl)cc2)c(Br)c1. The summed E-state index contributed by atoms with van der Waals surface area (Å²) in [4.78, 5) is 29.2. The highest BCUT2D eigenvalue weighted by atomic mass is 79.9. The summed E-state index contributed by atoms with van der Waals surface area (Å²) >= 11 is 19.9. The summed E-state index contributed by atoms with van der Waals surface area (Å²) in [5.41, 5.74) is 2.13. The molecule has 5 nitrogen and oxygen atoms in total. The summed E-state index contributed by atoms with van der Waals surface area (Å²) in [6, 6.07) is 17.5. The zero-order chi connectivity index (χ0) is 24.2. The molecule has 4 rings (SSSR count). The van der Waals surface area contributed by atoms with Crippen molar-refractivity contribution in [2.45, 2.75) is 6.61 Å². The van der Waals surface area contributed by atoms with Crippen LogP contribution in [0.4, 0.5) is 0 Å². The molecule has 10 heteroatoms. The number of benzene rings is 3. The predicted octanol–water partition coefficient (Wildman–Crippen LogP) is 7.50. The molecule has 3 aromatic carbocycles. The van der Waals surface area contributed by atoms with Gasteiger partial charge in [0.1, 0.15) is 12.4 Å². The lowest BCUT2D eigenvalue weighted by atomic mass is 10.2. The zero-order valence-corrected chi connectivity index (χ0v) is 22.7. The number of carbonyl (C=O) groups excluding carboxylic acids is 2. The van der Waals surface area contributed by atoms with Crippen LogP contribution in [0.3, 0.4) is 0 Å². The molecule has 1 aliphatic heterocycles. The van der Waals surface area contributed by atoms with Gasteiger partial charge in [0.25, 0.3) is 11.8 Å². The summed E-state index contributed by atoms with van der Waals surface area (Å²) < 4.78 is 7.38. The fourth-order valence-electron chi connectivity index (χ4n) is 2.92. The molecule has 3 aromatic rings. The van der Waals surface area contributed by atoms with E-state index >= 15 is 0 Å². The summed E-state index contributed by atoms with van der Waals surface area (Å²) in [5.74, 6) is -0.159. The quantitative estimate of drug-likeness (QED) is 0.293. The Hall–Kier alpha value is -2.10. The number of nitrogens with zero attached hydrogens (tertiary/aromatic N) is 1.